The van der Waals surface area contributed by atoms with Crippen LogP contribution in [-0.2, 0) is 17.0 Å². The average Bonchev–Trinajstić information content (AvgIpc) is 3.32. The first-order valence-corrected chi connectivity index (χ1v) is 10.2. The molecule has 2 N–H and O–H groups in total. The Balaban J connectivity index is 1.67. The number of benzene rings is 1. The smallest absolute Gasteiger partial charge is 0.220 e. The third-order valence-electron chi connectivity index (χ3n) is 6.53. The van der Waals surface area contributed by atoms with Gasteiger partial charge in [-0.3, -0.25) is 4.98 Å². The van der Waals surface area contributed by atoms with Crippen LogP contribution in [0.15, 0.2) is 34.9 Å². The summed E-state index contributed by atoms with van der Waals surface area (Å²) in [6.07, 6.45) is 7.64. The van der Waals surface area contributed by atoms with E-state index in [2.05, 4.69) is 30.1 Å². The lowest BCUT2D eigenvalue weighted by molar-refractivity contribution is -0.229. The molecule has 1 saturated carbocycles. The SMILES string of the molecule is CC1CCC2(CC1)Cc1ccc(-c3cncs3)cc1C21N=C(N)N(C)O1. The third-order valence-corrected chi connectivity index (χ3v) is 7.36. The van der Waals surface area contributed by atoms with E-state index < -0.39 is 5.72 Å². The second-order valence-electron chi connectivity index (χ2n) is 8.08. The molecular weight excluding hydrogens is 344 g/mol. The van der Waals surface area contributed by atoms with E-state index in [0.717, 1.165) is 25.2 Å². The fourth-order valence-corrected chi connectivity index (χ4v) is 5.60. The predicted octanol–water partition coefficient (Wildman–Crippen LogP) is 3.91. The van der Waals surface area contributed by atoms with Gasteiger partial charge in [0.25, 0.3) is 0 Å². The molecule has 0 radical (unpaired) electrons. The number of thiazole rings is 1. The van der Waals surface area contributed by atoms with Crippen molar-refractivity contribution in [1.29, 1.82) is 0 Å². The zero-order valence-corrected chi connectivity index (χ0v) is 16.1. The number of aliphatic imine (C=N–C) groups is 1. The number of rotatable bonds is 1. The molecule has 2 aromatic rings. The second kappa shape index (κ2) is 5.54. The highest BCUT2D eigenvalue weighted by molar-refractivity contribution is 7.13. The van der Waals surface area contributed by atoms with Crippen LogP contribution < -0.4 is 5.73 Å². The zero-order valence-electron chi connectivity index (χ0n) is 15.2. The van der Waals surface area contributed by atoms with Crippen LogP contribution in [0.4, 0.5) is 0 Å². The molecule has 1 aliphatic heterocycles. The maximum atomic E-state index is 6.44. The predicted molar refractivity (Wildman–Crippen MR) is 103 cm³/mol. The number of guanidine groups is 1. The third kappa shape index (κ3) is 2.12. The highest BCUT2D eigenvalue weighted by Crippen LogP contribution is 2.62. The van der Waals surface area contributed by atoms with E-state index in [0.29, 0.717) is 5.96 Å². The minimum Gasteiger partial charge on any atom is -0.368 e. The number of nitrogens with zero attached hydrogens (tertiary/aromatic N) is 3. The van der Waals surface area contributed by atoms with Crippen molar-refractivity contribution in [2.75, 3.05) is 7.05 Å². The van der Waals surface area contributed by atoms with Crippen molar-refractivity contribution < 1.29 is 4.84 Å². The van der Waals surface area contributed by atoms with Crippen LogP contribution in [0, 0.1) is 11.3 Å². The van der Waals surface area contributed by atoms with Gasteiger partial charge in [0.1, 0.15) is 0 Å². The first-order valence-electron chi connectivity index (χ1n) is 9.33. The van der Waals surface area contributed by atoms with Crippen molar-refractivity contribution in [3.8, 4) is 10.4 Å². The first kappa shape index (κ1) is 16.3. The maximum Gasteiger partial charge on any atom is 0.220 e. The summed E-state index contributed by atoms with van der Waals surface area (Å²) >= 11 is 1.66. The van der Waals surface area contributed by atoms with Crippen LogP contribution >= 0.6 is 11.3 Å². The number of nitrogens with two attached hydrogens (primary N) is 1. The highest BCUT2D eigenvalue weighted by Gasteiger charge is 2.63. The molecule has 1 unspecified atom stereocenters. The summed E-state index contributed by atoms with van der Waals surface area (Å²) in [5.74, 6) is 1.24. The molecular formula is C20H24N4OS. The first-order chi connectivity index (χ1) is 12.5. The molecule has 0 amide bonds. The summed E-state index contributed by atoms with van der Waals surface area (Å²) in [4.78, 5) is 16.8. The molecule has 1 fully saturated rings. The molecule has 1 atom stereocenters. The number of hydroxylamine groups is 2. The van der Waals surface area contributed by atoms with Crippen molar-refractivity contribution in [2.24, 2.45) is 22.1 Å². The molecule has 5 rings (SSSR count). The fraction of sp³-hybridized carbons (Fsp3) is 0.500. The lowest BCUT2D eigenvalue weighted by Crippen LogP contribution is -2.45. The molecule has 2 spiro atoms. The molecule has 5 nitrogen and oxygen atoms in total. The summed E-state index contributed by atoms with van der Waals surface area (Å²) in [7, 11) is 1.86. The molecule has 1 aromatic heterocycles. The van der Waals surface area contributed by atoms with Gasteiger partial charge < -0.3 is 5.73 Å². The van der Waals surface area contributed by atoms with Gasteiger partial charge in [-0.1, -0.05) is 19.1 Å². The van der Waals surface area contributed by atoms with Crippen LogP contribution in [0.25, 0.3) is 10.4 Å². The molecule has 3 aliphatic rings. The van der Waals surface area contributed by atoms with Crippen molar-refractivity contribution in [1.82, 2.24) is 10.0 Å². The molecule has 0 saturated heterocycles. The van der Waals surface area contributed by atoms with Gasteiger partial charge in [-0.25, -0.2) is 14.9 Å². The number of hydrogen-bond donors (Lipinski definition) is 1. The Morgan fingerprint density at radius 1 is 1.31 bits per heavy atom. The Hall–Kier alpha value is -1.92. The minimum absolute atomic E-state index is 0.00352. The summed E-state index contributed by atoms with van der Waals surface area (Å²) in [6, 6.07) is 6.72. The molecule has 2 aliphatic carbocycles. The molecule has 6 heteroatoms. The number of hydrogen-bond acceptors (Lipinski definition) is 6. The van der Waals surface area contributed by atoms with E-state index in [9.17, 15) is 0 Å². The van der Waals surface area contributed by atoms with Gasteiger partial charge in [-0.05, 0) is 55.2 Å². The largest absolute Gasteiger partial charge is 0.368 e. The Morgan fingerprint density at radius 3 is 2.77 bits per heavy atom. The normalized spacial score (nSPS) is 33.1. The molecule has 0 bridgehead atoms. The van der Waals surface area contributed by atoms with E-state index in [4.69, 9.17) is 15.6 Å². The van der Waals surface area contributed by atoms with Crippen LogP contribution in [0.1, 0.15) is 43.7 Å². The van der Waals surface area contributed by atoms with Gasteiger partial charge in [0.05, 0.1) is 10.4 Å². The van der Waals surface area contributed by atoms with Gasteiger partial charge in [0, 0.05) is 24.2 Å². The number of aromatic nitrogens is 1. The number of fused-ring (bicyclic) bond motifs is 3. The van der Waals surface area contributed by atoms with Crippen molar-refractivity contribution >= 4 is 17.3 Å². The van der Waals surface area contributed by atoms with Crippen LogP contribution in [0.5, 0.6) is 0 Å². The second-order valence-corrected chi connectivity index (χ2v) is 8.97. The van der Waals surface area contributed by atoms with E-state index in [-0.39, 0.29) is 5.41 Å². The molecule has 136 valence electrons. The summed E-state index contributed by atoms with van der Waals surface area (Å²) < 4.78 is 0. The Morgan fingerprint density at radius 2 is 2.12 bits per heavy atom. The lowest BCUT2D eigenvalue weighted by Gasteiger charge is -2.44. The van der Waals surface area contributed by atoms with Gasteiger partial charge in [-0.2, -0.15) is 0 Å². The molecule has 2 heterocycles. The molecule has 26 heavy (non-hydrogen) atoms. The molecule has 1 aromatic carbocycles. The van der Waals surface area contributed by atoms with Gasteiger partial charge in [0.2, 0.25) is 11.7 Å². The lowest BCUT2D eigenvalue weighted by atomic mass is 9.65. The van der Waals surface area contributed by atoms with E-state index >= 15 is 0 Å². The quantitative estimate of drug-likeness (QED) is 0.829. The van der Waals surface area contributed by atoms with E-state index in [1.807, 2.05) is 18.8 Å². The summed E-state index contributed by atoms with van der Waals surface area (Å²) in [5.41, 5.74) is 11.1. The van der Waals surface area contributed by atoms with Crippen LogP contribution in [0.3, 0.4) is 0 Å². The van der Waals surface area contributed by atoms with Crippen molar-refractivity contribution in [2.45, 2.75) is 44.8 Å². The topological polar surface area (TPSA) is 63.7 Å². The zero-order chi connectivity index (χ0) is 17.9. The van der Waals surface area contributed by atoms with Crippen LogP contribution in [0.2, 0.25) is 0 Å². The van der Waals surface area contributed by atoms with Crippen LogP contribution in [-0.4, -0.2) is 23.1 Å². The standard InChI is InChI=1S/C20H24N4OS/c1-13-5-7-19(8-6-13)10-15-4-3-14(17-11-22-12-26-17)9-16(15)20(19)23-18(21)24(2)25-20/h3-4,9,11-13H,5-8,10H2,1-2H3,(H2,21,23). The van der Waals surface area contributed by atoms with Gasteiger partial charge in [0.15, 0.2) is 0 Å². The van der Waals surface area contributed by atoms with Crippen molar-refractivity contribution in [3.63, 3.8) is 0 Å². The Labute approximate surface area is 157 Å². The summed E-state index contributed by atoms with van der Waals surface area (Å²) in [6.45, 7) is 2.35. The Bertz CT molecular complexity index is 870. The summed E-state index contributed by atoms with van der Waals surface area (Å²) in [5, 5.41) is 1.65. The average molecular weight is 369 g/mol. The highest BCUT2D eigenvalue weighted by atomic mass is 32.1. The van der Waals surface area contributed by atoms with Gasteiger partial charge >= 0.3 is 0 Å². The fourth-order valence-electron chi connectivity index (χ4n) is 4.98. The van der Waals surface area contributed by atoms with E-state index in [1.54, 1.807) is 16.4 Å². The minimum atomic E-state index is -0.679. The van der Waals surface area contributed by atoms with Gasteiger partial charge in [-0.15, -0.1) is 11.3 Å². The monoisotopic (exact) mass is 368 g/mol. The maximum absolute atomic E-state index is 6.44. The Kier molecular flexibility index (Phi) is 3.46. The van der Waals surface area contributed by atoms with E-state index in [1.165, 1.54) is 34.4 Å². The van der Waals surface area contributed by atoms with Crippen molar-refractivity contribution in [3.05, 3.63) is 41.0 Å².